The number of halogens is 2. The molecule has 1 aliphatic rings. The third kappa shape index (κ3) is 4.21. The van der Waals surface area contributed by atoms with E-state index < -0.39 is 0 Å². The zero-order valence-electron chi connectivity index (χ0n) is 10.6. The first-order chi connectivity index (χ1) is 9.54. The predicted molar refractivity (Wildman–Crippen MR) is 84.7 cm³/mol. The van der Waals surface area contributed by atoms with Crippen LogP contribution in [0, 0.1) is 5.82 Å². The third-order valence-corrected chi connectivity index (χ3v) is 3.45. The molecule has 0 amide bonds. The van der Waals surface area contributed by atoms with Gasteiger partial charge in [-0.3, -0.25) is 10.4 Å². The average Bonchev–Trinajstić information content (AvgIpc) is 2.37. The van der Waals surface area contributed by atoms with Crippen LogP contribution in [0.5, 0.6) is 0 Å². The SMILES string of the molecule is NC(=S)NN1C=CN(CCc2cccc(F)c2)C(Br)=C1. The van der Waals surface area contributed by atoms with Crippen molar-refractivity contribution in [2.45, 2.75) is 6.42 Å². The van der Waals surface area contributed by atoms with Gasteiger partial charge in [0, 0.05) is 18.9 Å². The molecule has 1 aromatic carbocycles. The van der Waals surface area contributed by atoms with Crippen LogP contribution in [0.2, 0.25) is 0 Å². The van der Waals surface area contributed by atoms with E-state index in [9.17, 15) is 4.39 Å². The molecular weight excluding hydrogens is 343 g/mol. The van der Waals surface area contributed by atoms with Gasteiger partial charge in [0.15, 0.2) is 5.11 Å². The normalized spacial score (nSPS) is 14.2. The number of thiocarbonyl (C=S) groups is 1. The van der Waals surface area contributed by atoms with Crippen LogP contribution in [-0.4, -0.2) is 21.6 Å². The van der Waals surface area contributed by atoms with Gasteiger partial charge >= 0.3 is 0 Å². The predicted octanol–water partition coefficient (Wildman–Crippen LogP) is 2.40. The van der Waals surface area contributed by atoms with Crippen LogP contribution < -0.4 is 11.2 Å². The summed E-state index contributed by atoms with van der Waals surface area (Å²) < 4.78 is 14.0. The molecule has 1 aromatic rings. The number of hydrazine groups is 1. The number of rotatable bonds is 4. The maximum absolute atomic E-state index is 13.1. The van der Waals surface area contributed by atoms with Gasteiger partial charge in [0.2, 0.25) is 0 Å². The molecule has 0 atom stereocenters. The minimum atomic E-state index is -0.210. The molecule has 4 nitrogen and oxygen atoms in total. The molecule has 0 spiro atoms. The van der Waals surface area contributed by atoms with Crippen LogP contribution in [0.15, 0.2) is 47.5 Å². The van der Waals surface area contributed by atoms with Gasteiger partial charge in [0.25, 0.3) is 0 Å². The molecule has 106 valence electrons. The Morgan fingerprint density at radius 2 is 2.20 bits per heavy atom. The van der Waals surface area contributed by atoms with Gasteiger partial charge in [0.1, 0.15) is 10.4 Å². The fraction of sp³-hybridized carbons (Fsp3) is 0.154. The Morgan fingerprint density at radius 1 is 1.40 bits per heavy atom. The van der Waals surface area contributed by atoms with Gasteiger partial charge in [-0.15, -0.1) is 0 Å². The number of nitrogens with zero attached hydrogens (tertiary/aromatic N) is 2. The molecule has 0 radical (unpaired) electrons. The number of nitrogens with one attached hydrogen (secondary N) is 1. The quantitative estimate of drug-likeness (QED) is 0.640. The van der Waals surface area contributed by atoms with E-state index in [1.807, 2.05) is 23.4 Å². The summed E-state index contributed by atoms with van der Waals surface area (Å²) >= 11 is 8.24. The summed E-state index contributed by atoms with van der Waals surface area (Å²) in [5.74, 6) is -0.210. The molecule has 0 saturated heterocycles. The Kier molecular flexibility index (Phi) is 4.97. The van der Waals surface area contributed by atoms with E-state index in [1.54, 1.807) is 23.3 Å². The van der Waals surface area contributed by atoms with Gasteiger partial charge in [0.05, 0.1) is 6.20 Å². The fourth-order valence-corrected chi connectivity index (χ4v) is 2.40. The average molecular weight is 357 g/mol. The second-order valence-corrected chi connectivity index (χ2v) is 5.46. The molecule has 0 aromatic heterocycles. The van der Waals surface area contributed by atoms with E-state index in [4.69, 9.17) is 18.0 Å². The Hall–Kier alpha value is -1.60. The first-order valence-electron chi connectivity index (χ1n) is 5.96. The zero-order valence-corrected chi connectivity index (χ0v) is 13.0. The topological polar surface area (TPSA) is 44.5 Å². The molecule has 0 saturated carbocycles. The lowest BCUT2D eigenvalue weighted by molar-refractivity contribution is 0.390. The fourth-order valence-electron chi connectivity index (χ4n) is 1.78. The minimum Gasteiger partial charge on any atom is -0.375 e. The molecule has 0 aliphatic carbocycles. The van der Waals surface area contributed by atoms with Crippen molar-refractivity contribution < 1.29 is 4.39 Å². The summed E-state index contributed by atoms with van der Waals surface area (Å²) in [5, 5.41) is 1.85. The van der Waals surface area contributed by atoms with Crippen LogP contribution >= 0.6 is 28.1 Å². The van der Waals surface area contributed by atoms with Crippen molar-refractivity contribution in [2.24, 2.45) is 5.73 Å². The maximum atomic E-state index is 13.1. The van der Waals surface area contributed by atoms with Crippen LogP contribution in [0.25, 0.3) is 0 Å². The van der Waals surface area contributed by atoms with Gasteiger partial charge < -0.3 is 10.6 Å². The largest absolute Gasteiger partial charge is 0.375 e. The van der Waals surface area contributed by atoms with E-state index in [2.05, 4.69) is 21.4 Å². The van der Waals surface area contributed by atoms with Gasteiger partial charge in [-0.05, 0) is 52.3 Å². The van der Waals surface area contributed by atoms with E-state index >= 15 is 0 Å². The molecule has 0 bridgehead atoms. The molecule has 1 aliphatic heterocycles. The highest BCUT2D eigenvalue weighted by Gasteiger charge is 2.11. The van der Waals surface area contributed by atoms with E-state index in [-0.39, 0.29) is 10.9 Å². The Balaban J connectivity index is 1.92. The van der Waals surface area contributed by atoms with Crippen LogP contribution in [-0.2, 0) is 6.42 Å². The smallest absolute Gasteiger partial charge is 0.183 e. The standard InChI is InChI=1S/C13H14BrFN4S/c14-12-9-19(17-13(16)20)7-6-18(12)5-4-10-2-1-3-11(15)8-10/h1-3,6-9H,4-5H2,(H3,16,17,20). The minimum absolute atomic E-state index is 0.194. The number of nitrogens with two attached hydrogens (primary N) is 1. The summed E-state index contributed by atoms with van der Waals surface area (Å²) in [6, 6.07) is 6.62. The molecule has 1 heterocycles. The summed E-state index contributed by atoms with van der Waals surface area (Å²) in [6.07, 6.45) is 6.24. The first kappa shape index (κ1) is 14.8. The summed E-state index contributed by atoms with van der Waals surface area (Å²) in [6.45, 7) is 0.734. The lowest BCUT2D eigenvalue weighted by Crippen LogP contribution is -2.40. The number of benzene rings is 1. The summed E-state index contributed by atoms with van der Waals surface area (Å²) in [4.78, 5) is 2.00. The van der Waals surface area contributed by atoms with Gasteiger partial charge in [-0.2, -0.15) is 0 Å². The molecule has 0 fully saturated rings. The Bertz CT molecular complexity index is 561. The van der Waals surface area contributed by atoms with Crippen molar-refractivity contribution in [3.05, 3.63) is 58.9 Å². The van der Waals surface area contributed by atoms with Crippen molar-refractivity contribution in [3.63, 3.8) is 0 Å². The second-order valence-electron chi connectivity index (χ2n) is 4.21. The molecule has 2 rings (SSSR count). The molecule has 3 N–H and O–H groups in total. The molecule has 7 heteroatoms. The zero-order chi connectivity index (χ0) is 14.5. The van der Waals surface area contributed by atoms with E-state index in [1.165, 1.54) is 6.07 Å². The highest BCUT2D eigenvalue weighted by Crippen LogP contribution is 2.18. The second kappa shape index (κ2) is 6.71. The van der Waals surface area contributed by atoms with E-state index in [0.29, 0.717) is 0 Å². The van der Waals surface area contributed by atoms with Crippen molar-refractivity contribution >= 4 is 33.3 Å². The summed E-state index contributed by atoms with van der Waals surface area (Å²) in [7, 11) is 0. The third-order valence-electron chi connectivity index (χ3n) is 2.70. The van der Waals surface area contributed by atoms with Crippen molar-refractivity contribution in [2.75, 3.05) is 6.54 Å². The number of hydrogen-bond donors (Lipinski definition) is 2. The highest BCUT2D eigenvalue weighted by molar-refractivity contribution is 9.11. The van der Waals surface area contributed by atoms with Gasteiger partial charge in [-0.25, -0.2) is 4.39 Å². The van der Waals surface area contributed by atoms with Crippen LogP contribution in [0.3, 0.4) is 0 Å². The lowest BCUT2D eigenvalue weighted by atomic mass is 10.1. The Labute approximate surface area is 130 Å². The van der Waals surface area contributed by atoms with Crippen LogP contribution in [0.1, 0.15) is 5.56 Å². The lowest BCUT2D eigenvalue weighted by Gasteiger charge is -2.28. The van der Waals surface area contributed by atoms with Crippen molar-refractivity contribution in [3.8, 4) is 0 Å². The first-order valence-corrected chi connectivity index (χ1v) is 7.16. The molecule has 0 unspecified atom stereocenters. The maximum Gasteiger partial charge on any atom is 0.183 e. The van der Waals surface area contributed by atoms with Crippen LogP contribution in [0.4, 0.5) is 4.39 Å². The summed E-state index contributed by atoms with van der Waals surface area (Å²) in [5.41, 5.74) is 9.15. The highest BCUT2D eigenvalue weighted by atomic mass is 79.9. The molecular formula is C13H14BrFN4S. The van der Waals surface area contributed by atoms with E-state index in [0.717, 1.165) is 23.1 Å². The van der Waals surface area contributed by atoms with Crippen molar-refractivity contribution in [1.29, 1.82) is 0 Å². The monoisotopic (exact) mass is 356 g/mol. The molecule has 20 heavy (non-hydrogen) atoms. The van der Waals surface area contributed by atoms with Crippen molar-refractivity contribution in [1.82, 2.24) is 15.3 Å². The number of hydrogen-bond acceptors (Lipinski definition) is 3. The van der Waals surface area contributed by atoms with Gasteiger partial charge in [-0.1, -0.05) is 12.1 Å². The Morgan fingerprint density at radius 3 is 2.85 bits per heavy atom.